The van der Waals surface area contributed by atoms with Crippen LogP contribution in [0.25, 0.3) is 11.3 Å². The van der Waals surface area contributed by atoms with Crippen LogP contribution in [0.2, 0.25) is 5.02 Å². The lowest BCUT2D eigenvalue weighted by atomic mass is 10.1. The fraction of sp³-hybridized carbons (Fsp3) is 0.304. The minimum absolute atomic E-state index is 0.324. The van der Waals surface area contributed by atoms with Crippen LogP contribution in [0.15, 0.2) is 53.4 Å². The maximum absolute atomic E-state index is 13.2. The maximum Gasteiger partial charge on any atom is 0.243 e. The van der Waals surface area contributed by atoms with Crippen molar-refractivity contribution in [1.29, 1.82) is 0 Å². The largest absolute Gasteiger partial charge is 0.352 e. The number of anilines is 1. The van der Waals surface area contributed by atoms with Crippen molar-refractivity contribution in [2.75, 3.05) is 31.1 Å². The van der Waals surface area contributed by atoms with E-state index in [4.69, 9.17) is 11.6 Å². The van der Waals surface area contributed by atoms with E-state index in [2.05, 4.69) is 27.2 Å². The van der Waals surface area contributed by atoms with E-state index in [9.17, 15) is 8.42 Å². The van der Waals surface area contributed by atoms with Crippen molar-refractivity contribution < 1.29 is 8.42 Å². The molecule has 0 bridgehead atoms. The molecule has 0 spiro atoms. The van der Waals surface area contributed by atoms with E-state index in [0.717, 1.165) is 22.6 Å². The summed E-state index contributed by atoms with van der Waals surface area (Å²) in [6.45, 7) is 7.55. The number of sulfonamides is 1. The standard InChI is InChI=1S/C23H25ClN4O2S/c1-16-4-6-19(7-5-16)21-8-9-23(26-25-21)27-10-12-28(13-11-27)31(29,30)22-15-17(2)20(24)14-18(22)3/h4-9,14-15H,10-13H2,1-3H3. The van der Waals surface area contributed by atoms with Crippen LogP contribution in [0.4, 0.5) is 5.82 Å². The summed E-state index contributed by atoms with van der Waals surface area (Å²) in [5.74, 6) is 0.756. The van der Waals surface area contributed by atoms with Crippen LogP contribution in [-0.4, -0.2) is 49.1 Å². The molecule has 0 atom stereocenters. The minimum atomic E-state index is -3.57. The normalized spacial score (nSPS) is 15.3. The van der Waals surface area contributed by atoms with Crippen molar-refractivity contribution in [1.82, 2.24) is 14.5 Å². The third-order valence-corrected chi connectivity index (χ3v) is 8.08. The van der Waals surface area contributed by atoms with Crippen molar-refractivity contribution in [3.8, 4) is 11.3 Å². The molecule has 1 aromatic heterocycles. The summed E-state index contributed by atoms with van der Waals surface area (Å²) in [5, 5.41) is 9.32. The number of aryl methyl sites for hydroxylation is 3. The van der Waals surface area contributed by atoms with Crippen LogP contribution < -0.4 is 4.90 Å². The van der Waals surface area contributed by atoms with Gasteiger partial charge in [-0.25, -0.2) is 8.42 Å². The van der Waals surface area contributed by atoms with Gasteiger partial charge in [-0.2, -0.15) is 4.31 Å². The average molecular weight is 457 g/mol. The van der Waals surface area contributed by atoms with E-state index in [1.807, 2.05) is 38.1 Å². The van der Waals surface area contributed by atoms with Gasteiger partial charge in [0.05, 0.1) is 10.6 Å². The van der Waals surface area contributed by atoms with Gasteiger partial charge in [-0.1, -0.05) is 41.4 Å². The first kappa shape index (κ1) is 21.7. The van der Waals surface area contributed by atoms with Gasteiger partial charge in [0.25, 0.3) is 0 Å². The molecule has 0 radical (unpaired) electrons. The zero-order valence-electron chi connectivity index (χ0n) is 17.8. The van der Waals surface area contributed by atoms with E-state index in [0.29, 0.717) is 41.7 Å². The van der Waals surface area contributed by atoms with Gasteiger partial charge in [0.15, 0.2) is 5.82 Å². The van der Waals surface area contributed by atoms with Gasteiger partial charge in [0, 0.05) is 36.8 Å². The highest BCUT2D eigenvalue weighted by Gasteiger charge is 2.30. The van der Waals surface area contributed by atoms with Gasteiger partial charge in [0.2, 0.25) is 10.0 Å². The number of piperazine rings is 1. The molecule has 1 aliphatic heterocycles. The zero-order chi connectivity index (χ0) is 22.2. The van der Waals surface area contributed by atoms with Gasteiger partial charge in [0.1, 0.15) is 0 Å². The van der Waals surface area contributed by atoms with Gasteiger partial charge < -0.3 is 4.90 Å². The second-order valence-corrected chi connectivity index (χ2v) is 10.2. The van der Waals surface area contributed by atoms with E-state index >= 15 is 0 Å². The van der Waals surface area contributed by atoms with Gasteiger partial charge in [-0.3, -0.25) is 0 Å². The molecule has 0 aliphatic carbocycles. The molecule has 1 saturated heterocycles. The highest BCUT2D eigenvalue weighted by molar-refractivity contribution is 7.89. The highest BCUT2D eigenvalue weighted by atomic mass is 35.5. The van der Waals surface area contributed by atoms with Crippen LogP contribution in [0.3, 0.4) is 0 Å². The fourth-order valence-electron chi connectivity index (χ4n) is 3.70. The van der Waals surface area contributed by atoms with E-state index in [1.165, 1.54) is 9.87 Å². The molecule has 0 unspecified atom stereocenters. The second-order valence-electron chi connectivity index (χ2n) is 7.90. The molecule has 0 N–H and O–H groups in total. The van der Waals surface area contributed by atoms with Crippen LogP contribution in [-0.2, 0) is 10.0 Å². The molecule has 4 rings (SSSR count). The predicted molar refractivity (Wildman–Crippen MR) is 124 cm³/mol. The predicted octanol–water partition coefficient (Wildman–Crippen LogP) is 4.23. The summed E-state index contributed by atoms with van der Waals surface area (Å²) in [6, 6.07) is 15.4. The maximum atomic E-state index is 13.2. The lowest BCUT2D eigenvalue weighted by molar-refractivity contribution is 0.383. The molecule has 2 heterocycles. The third-order valence-electron chi connectivity index (χ3n) is 5.63. The number of hydrogen-bond acceptors (Lipinski definition) is 5. The van der Waals surface area contributed by atoms with E-state index in [-0.39, 0.29) is 0 Å². The number of rotatable bonds is 4. The Balaban J connectivity index is 1.46. The minimum Gasteiger partial charge on any atom is -0.352 e. The monoisotopic (exact) mass is 456 g/mol. The molecule has 8 heteroatoms. The summed E-state index contributed by atoms with van der Waals surface area (Å²) in [6.07, 6.45) is 0. The summed E-state index contributed by atoms with van der Waals surface area (Å²) in [7, 11) is -3.57. The van der Waals surface area contributed by atoms with Crippen molar-refractivity contribution in [2.45, 2.75) is 25.7 Å². The Hall–Kier alpha value is -2.48. The van der Waals surface area contributed by atoms with Crippen molar-refractivity contribution in [2.24, 2.45) is 0 Å². The Morgan fingerprint density at radius 2 is 1.52 bits per heavy atom. The van der Waals surface area contributed by atoms with E-state index in [1.54, 1.807) is 19.1 Å². The Morgan fingerprint density at radius 1 is 0.839 bits per heavy atom. The second kappa shape index (κ2) is 8.57. The number of halogens is 1. The Kier molecular flexibility index (Phi) is 6.01. The Bertz CT molecular complexity index is 1190. The van der Waals surface area contributed by atoms with Crippen LogP contribution in [0.5, 0.6) is 0 Å². The number of benzene rings is 2. The zero-order valence-corrected chi connectivity index (χ0v) is 19.4. The Morgan fingerprint density at radius 3 is 2.13 bits per heavy atom. The topological polar surface area (TPSA) is 66.4 Å². The first-order chi connectivity index (χ1) is 14.8. The van der Waals surface area contributed by atoms with Crippen molar-refractivity contribution >= 4 is 27.4 Å². The summed E-state index contributed by atoms with van der Waals surface area (Å²) in [5.41, 5.74) is 4.46. The summed E-state index contributed by atoms with van der Waals surface area (Å²) < 4.78 is 27.9. The molecule has 31 heavy (non-hydrogen) atoms. The molecule has 1 fully saturated rings. The molecule has 162 valence electrons. The van der Waals surface area contributed by atoms with Gasteiger partial charge >= 0.3 is 0 Å². The molecule has 2 aromatic carbocycles. The summed E-state index contributed by atoms with van der Waals surface area (Å²) >= 11 is 6.14. The van der Waals surface area contributed by atoms with Crippen LogP contribution >= 0.6 is 11.6 Å². The number of hydrogen-bond donors (Lipinski definition) is 0. The molecular weight excluding hydrogens is 432 g/mol. The third kappa shape index (κ3) is 4.44. The average Bonchev–Trinajstić information content (AvgIpc) is 2.77. The highest BCUT2D eigenvalue weighted by Crippen LogP contribution is 2.27. The molecular formula is C23H25ClN4O2S. The first-order valence-corrected chi connectivity index (χ1v) is 12.0. The lowest BCUT2D eigenvalue weighted by Gasteiger charge is -2.34. The summed E-state index contributed by atoms with van der Waals surface area (Å²) in [4.78, 5) is 2.39. The molecule has 6 nitrogen and oxygen atoms in total. The Labute approximate surface area is 188 Å². The number of nitrogens with zero attached hydrogens (tertiary/aromatic N) is 4. The SMILES string of the molecule is Cc1ccc(-c2ccc(N3CCN(S(=O)(=O)c4cc(C)c(Cl)cc4C)CC3)nn2)cc1. The number of aromatic nitrogens is 2. The van der Waals surface area contributed by atoms with Crippen molar-refractivity contribution in [3.05, 3.63) is 70.2 Å². The molecule has 1 aliphatic rings. The van der Waals surface area contributed by atoms with Crippen molar-refractivity contribution in [3.63, 3.8) is 0 Å². The van der Waals surface area contributed by atoms with Crippen LogP contribution in [0.1, 0.15) is 16.7 Å². The molecule has 0 amide bonds. The van der Waals surface area contributed by atoms with Gasteiger partial charge in [-0.15, -0.1) is 10.2 Å². The fourth-order valence-corrected chi connectivity index (χ4v) is 5.63. The molecule has 0 saturated carbocycles. The first-order valence-electron chi connectivity index (χ1n) is 10.2. The van der Waals surface area contributed by atoms with Crippen LogP contribution in [0, 0.1) is 20.8 Å². The lowest BCUT2D eigenvalue weighted by Crippen LogP contribution is -2.49. The smallest absolute Gasteiger partial charge is 0.243 e. The quantitative estimate of drug-likeness (QED) is 0.587. The van der Waals surface area contributed by atoms with E-state index < -0.39 is 10.0 Å². The molecule has 3 aromatic rings. The van der Waals surface area contributed by atoms with Gasteiger partial charge in [-0.05, 0) is 56.2 Å².